The van der Waals surface area contributed by atoms with Gasteiger partial charge >= 0.3 is 0 Å². The van der Waals surface area contributed by atoms with E-state index in [-0.39, 0.29) is 18.4 Å². The van der Waals surface area contributed by atoms with Crippen LogP contribution in [0, 0.1) is 13.8 Å². The Morgan fingerprint density at radius 3 is 2.38 bits per heavy atom. The molecule has 2 aromatic heterocycles. The van der Waals surface area contributed by atoms with Gasteiger partial charge in [0.1, 0.15) is 11.4 Å². The average molecular weight is 359 g/mol. The number of carbonyl (C=O) groups is 2. The highest BCUT2D eigenvalue weighted by Crippen LogP contribution is 2.21. The van der Waals surface area contributed by atoms with Crippen LogP contribution in [0.15, 0.2) is 18.3 Å². The highest BCUT2D eigenvalue weighted by molar-refractivity contribution is 5.99. The van der Waals surface area contributed by atoms with Gasteiger partial charge in [0.05, 0.1) is 12.7 Å². The zero-order chi connectivity index (χ0) is 19.3. The first-order valence-corrected chi connectivity index (χ1v) is 9.13. The summed E-state index contributed by atoms with van der Waals surface area (Å²) < 4.78 is 3.72. The van der Waals surface area contributed by atoms with Crippen molar-refractivity contribution in [3.63, 3.8) is 0 Å². The van der Waals surface area contributed by atoms with Crippen molar-refractivity contribution in [3.05, 3.63) is 35.3 Å². The Morgan fingerprint density at radius 2 is 1.81 bits per heavy atom. The van der Waals surface area contributed by atoms with Gasteiger partial charge in [0.2, 0.25) is 5.91 Å². The maximum absolute atomic E-state index is 13.2. The monoisotopic (exact) mass is 359 g/mol. The molecule has 142 valence electrons. The minimum atomic E-state index is -0.172. The van der Waals surface area contributed by atoms with Crippen molar-refractivity contribution in [1.29, 1.82) is 0 Å². The van der Waals surface area contributed by atoms with E-state index in [2.05, 4.69) is 10.4 Å². The Balaban J connectivity index is 2.34. The lowest BCUT2D eigenvalue weighted by Crippen LogP contribution is -2.41. The molecule has 0 aliphatic carbocycles. The van der Waals surface area contributed by atoms with Gasteiger partial charge in [0, 0.05) is 31.5 Å². The number of hydrogen-bond acceptors (Lipinski definition) is 3. The van der Waals surface area contributed by atoms with E-state index in [1.54, 1.807) is 15.8 Å². The second kappa shape index (κ2) is 8.69. The molecule has 2 heterocycles. The summed E-state index contributed by atoms with van der Waals surface area (Å²) in [5, 5.41) is 7.13. The van der Waals surface area contributed by atoms with Crippen molar-refractivity contribution in [3.8, 4) is 5.82 Å². The Kier molecular flexibility index (Phi) is 6.60. The summed E-state index contributed by atoms with van der Waals surface area (Å²) in [5.74, 6) is 0.423. The molecule has 0 unspecified atom stereocenters. The molecular formula is C19H29N5O2. The van der Waals surface area contributed by atoms with Crippen LogP contribution in [0.25, 0.3) is 5.82 Å². The first-order valence-electron chi connectivity index (χ1n) is 9.13. The van der Waals surface area contributed by atoms with E-state index in [9.17, 15) is 9.59 Å². The molecule has 7 nitrogen and oxygen atoms in total. The molecule has 26 heavy (non-hydrogen) atoms. The minimum Gasteiger partial charge on any atom is -0.355 e. The van der Waals surface area contributed by atoms with Gasteiger partial charge < -0.3 is 14.8 Å². The van der Waals surface area contributed by atoms with Crippen LogP contribution in [0.1, 0.15) is 48.4 Å². The Hall–Kier alpha value is -2.57. The summed E-state index contributed by atoms with van der Waals surface area (Å²) in [6.07, 6.45) is 3.24. The SMILES string of the molecule is CCCNC(=O)CN(CCC)C(=O)c1cnn(C)c1-n1c(C)ccc1C. The summed E-state index contributed by atoms with van der Waals surface area (Å²) in [5.41, 5.74) is 2.57. The molecule has 2 amide bonds. The van der Waals surface area contributed by atoms with Crippen LogP contribution in [0.2, 0.25) is 0 Å². The summed E-state index contributed by atoms with van der Waals surface area (Å²) in [6.45, 7) is 9.19. The molecule has 0 atom stereocenters. The van der Waals surface area contributed by atoms with Gasteiger partial charge in [-0.15, -0.1) is 0 Å². The fourth-order valence-corrected chi connectivity index (χ4v) is 3.04. The second-order valence-corrected chi connectivity index (χ2v) is 6.53. The third kappa shape index (κ3) is 4.15. The van der Waals surface area contributed by atoms with Gasteiger partial charge in [-0.1, -0.05) is 13.8 Å². The number of nitrogens with zero attached hydrogens (tertiary/aromatic N) is 4. The van der Waals surface area contributed by atoms with E-state index in [1.165, 1.54) is 0 Å². The number of rotatable bonds is 8. The summed E-state index contributed by atoms with van der Waals surface area (Å²) in [4.78, 5) is 26.9. The second-order valence-electron chi connectivity index (χ2n) is 6.53. The molecule has 0 aromatic carbocycles. The van der Waals surface area contributed by atoms with Crippen molar-refractivity contribution in [2.45, 2.75) is 40.5 Å². The number of aromatic nitrogens is 3. The van der Waals surface area contributed by atoms with Crippen LogP contribution in [-0.2, 0) is 11.8 Å². The fourth-order valence-electron chi connectivity index (χ4n) is 3.04. The van der Waals surface area contributed by atoms with Crippen LogP contribution in [-0.4, -0.2) is 50.7 Å². The van der Waals surface area contributed by atoms with Gasteiger partial charge in [0.15, 0.2) is 0 Å². The number of hydrogen-bond donors (Lipinski definition) is 1. The van der Waals surface area contributed by atoms with Crippen molar-refractivity contribution in [2.24, 2.45) is 7.05 Å². The molecule has 0 aliphatic heterocycles. The number of amides is 2. The first-order chi connectivity index (χ1) is 12.4. The third-order valence-corrected chi connectivity index (χ3v) is 4.31. The molecule has 0 aliphatic rings. The highest BCUT2D eigenvalue weighted by Gasteiger charge is 2.25. The first kappa shape index (κ1) is 19.8. The molecule has 7 heteroatoms. The van der Waals surface area contributed by atoms with Gasteiger partial charge in [-0.25, -0.2) is 0 Å². The van der Waals surface area contributed by atoms with E-state index in [4.69, 9.17) is 0 Å². The Morgan fingerprint density at radius 1 is 1.15 bits per heavy atom. The van der Waals surface area contributed by atoms with E-state index in [1.807, 2.05) is 51.4 Å². The van der Waals surface area contributed by atoms with Crippen molar-refractivity contribution >= 4 is 11.8 Å². The Bertz CT molecular complexity index is 755. The lowest BCUT2D eigenvalue weighted by Gasteiger charge is -2.22. The molecular weight excluding hydrogens is 330 g/mol. The smallest absolute Gasteiger partial charge is 0.259 e. The van der Waals surface area contributed by atoms with E-state index in [0.29, 0.717) is 18.7 Å². The van der Waals surface area contributed by atoms with Crippen LogP contribution < -0.4 is 5.32 Å². The van der Waals surface area contributed by atoms with Crippen LogP contribution in [0.5, 0.6) is 0 Å². The lowest BCUT2D eigenvalue weighted by molar-refractivity contribution is -0.121. The zero-order valence-corrected chi connectivity index (χ0v) is 16.4. The van der Waals surface area contributed by atoms with Gasteiger partial charge in [0.25, 0.3) is 5.91 Å². The van der Waals surface area contributed by atoms with Crippen LogP contribution in [0.3, 0.4) is 0 Å². The minimum absolute atomic E-state index is 0.0602. The molecule has 2 aromatic rings. The van der Waals surface area contributed by atoms with Crippen LogP contribution in [0.4, 0.5) is 0 Å². The van der Waals surface area contributed by atoms with Crippen LogP contribution >= 0.6 is 0 Å². The van der Waals surface area contributed by atoms with E-state index < -0.39 is 0 Å². The fraction of sp³-hybridized carbons (Fsp3) is 0.526. The van der Waals surface area contributed by atoms with Crippen molar-refractivity contribution in [2.75, 3.05) is 19.6 Å². The average Bonchev–Trinajstić information content (AvgIpc) is 3.13. The Labute approximate surface area is 155 Å². The molecule has 0 bridgehead atoms. The number of aryl methyl sites for hydroxylation is 3. The van der Waals surface area contributed by atoms with Crippen molar-refractivity contribution in [1.82, 2.24) is 24.6 Å². The topological polar surface area (TPSA) is 72.2 Å². The third-order valence-electron chi connectivity index (χ3n) is 4.31. The van der Waals surface area contributed by atoms with Crippen molar-refractivity contribution < 1.29 is 9.59 Å². The summed E-state index contributed by atoms with van der Waals surface area (Å²) in [6, 6.07) is 4.02. The molecule has 0 spiro atoms. The van der Waals surface area contributed by atoms with Gasteiger partial charge in [-0.05, 0) is 38.8 Å². The lowest BCUT2D eigenvalue weighted by atomic mass is 10.2. The van der Waals surface area contributed by atoms with E-state index >= 15 is 0 Å². The number of nitrogens with one attached hydrogen (secondary N) is 1. The standard InChI is InChI=1S/C19H29N5O2/c1-6-10-20-17(25)13-23(11-7-2)19(26)16-12-21-22(5)18(16)24-14(3)8-9-15(24)4/h8-9,12H,6-7,10-11,13H2,1-5H3,(H,20,25). The van der Waals surface area contributed by atoms with E-state index in [0.717, 1.165) is 30.0 Å². The molecule has 0 saturated carbocycles. The molecule has 2 rings (SSSR count). The molecule has 0 fully saturated rings. The maximum atomic E-state index is 13.2. The molecule has 0 radical (unpaired) electrons. The maximum Gasteiger partial charge on any atom is 0.259 e. The quantitative estimate of drug-likeness (QED) is 0.785. The van der Waals surface area contributed by atoms with Gasteiger partial charge in [-0.3, -0.25) is 14.3 Å². The molecule has 0 saturated heterocycles. The molecule has 1 N–H and O–H groups in total. The normalized spacial score (nSPS) is 10.8. The number of carbonyl (C=O) groups excluding carboxylic acids is 2. The largest absolute Gasteiger partial charge is 0.355 e. The predicted molar refractivity (Wildman–Crippen MR) is 102 cm³/mol. The predicted octanol–water partition coefficient (Wildman–Crippen LogP) is 2.21. The summed E-state index contributed by atoms with van der Waals surface area (Å²) in [7, 11) is 1.82. The highest BCUT2D eigenvalue weighted by atomic mass is 16.2. The zero-order valence-electron chi connectivity index (χ0n) is 16.4. The van der Waals surface area contributed by atoms with Gasteiger partial charge in [-0.2, -0.15) is 5.10 Å². The summed E-state index contributed by atoms with van der Waals surface area (Å²) >= 11 is 0.